The number of thioether (sulfide) groups is 1. The summed E-state index contributed by atoms with van der Waals surface area (Å²) in [7, 11) is 2.46. The van der Waals surface area contributed by atoms with Gasteiger partial charge in [-0.1, -0.05) is 29.4 Å². The zero-order chi connectivity index (χ0) is 28.0. The number of esters is 2. The summed E-state index contributed by atoms with van der Waals surface area (Å²) in [4.78, 5) is 37.4. The topological polar surface area (TPSA) is 122 Å². The van der Waals surface area contributed by atoms with Gasteiger partial charge >= 0.3 is 11.9 Å². The summed E-state index contributed by atoms with van der Waals surface area (Å²) in [6.07, 6.45) is 1.69. The quantitative estimate of drug-likeness (QED) is 0.190. The number of benzene rings is 1. The van der Waals surface area contributed by atoms with Gasteiger partial charge < -0.3 is 19.5 Å². The summed E-state index contributed by atoms with van der Waals surface area (Å²) in [6.45, 7) is 9.75. The van der Waals surface area contributed by atoms with Gasteiger partial charge in [0.05, 0.1) is 25.5 Å². The van der Waals surface area contributed by atoms with E-state index in [9.17, 15) is 14.4 Å². The molecule has 10 nitrogen and oxygen atoms in total. The summed E-state index contributed by atoms with van der Waals surface area (Å²) < 4.78 is 17.3. The smallest absolute Gasteiger partial charge is 0.348 e. The van der Waals surface area contributed by atoms with E-state index in [-0.39, 0.29) is 27.8 Å². The molecule has 0 saturated heterocycles. The normalized spacial score (nSPS) is 10.7. The number of nitrogens with zero attached hydrogens (tertiary/aromatic N) is 3. The minimum absolute atomic E-state index is 0.0309. The molecule has 0 aliphatic heterocycles. The predicted molar refractivity (Wildman–Crippen MR) is 147 cm³/mol. The van der Waals surface area contributed by atoms with Crippen LogP contribution >= 0.6 is 34.7 Å². The highest BCUT2D eigenvalue weighted by Crippen LogP contribution is 2.34. The Morgan fingerprint density at radius 3 is 2.39 bits per heavy atom. The average molecular weight is 579 g/mol. The third-order valence-electron chi connectivity index (χ3n) is 5.38. The van der Waals surface area contributed by atoms with Crippen molar-refractivity contribution in [3.05, 3.63) is 62.8 Å². The van der Waals surface area contributed by atoms with E-state index in [0.717, 1.165) is 34.2 Å². The molecule has 0 bridgehead atoms. The highest BCUT2D eigenvalue weighted by Gasteiger charge is 2.27. The minimum Gasteiger partial charge on any atom is -0.486 e. The molecule has 38 heavy (non-hydrogen) atoms. The monoisotopic (exact) mass is 578 g/mol. The molecule has 13 heteroatoms. The number of ether oxygens (including phenoxy) is 3. The minimum atomic E-state index is -0.668. The molecule has 0 aliphatic rings. The molecule has 3 rings (SSSR count). The van der Waals surface area contributed by atoms with Gasteiger partial charge in [-0.25, -0.2) is 9.59 Å². The van der Waals surface area contributed by atoms with E-state index in [1.807, 2.05) is 26.0 Å². The van der Waals surface area contributed by atoms with Crippen LogP contribution < -0.4 is 10.1 Å². The molecule has 2 aromatic heterocycles. The molecular weight excluding hydrogens is 552 g/mol. The summed E-state index contributed by atoms with van der Waals surface area (Å²) in [6, 6.07) is 3.70. The van der Waals surface area contributed by atoms with Gasteiger partial charge in [0.1, 0.15) is 22.2 Å². The van der Waals surface area contributed by atoms with Crippen molar-refractivity contribution < 1.29 is 28.6 Å². The fourth-order valence-electron chi connectivity index (χ4n) is 3.51. The second-order valence-electron chi connectivity index (χ2n) is 8.04. The second kappa shape index (κ2) is 12.9. The number of methoxy groups -OCH3 is 2. The van der Waals surface area contributed by atoms with Gasteiger partial charge in [0.2, 0.25) is 5.91 Å². The molecule has 3 aromatic rings. The van der Waals surface area contributed by atoms with Crippen molar-refractivity contribution in [2.45, 2.75) is 39.1 Å². The van der Waals surface area contributed by atoms with E-state index in [2.05, 4.69) is 22.1 Å². The third kappa shape index (κ3) is 6.55. The summed E-state index contributed by atoms with van der Waals surface area (Å²) in [5, 5.41) is 12.5. The fourth-order valence-corrected chi connectivity index (χ4v) is 5.52. The van der Waals surface area contributed by atoms with Crippen molar-refractivity contribution in [1.29, 1.82) is 0 Å². The Bertz CT molecular complexity index is 1360. The van der Waals surface area contributed by atoms with Crippen LogP contribution in [0.25, 0.3) is 0 Å². The summed E-state index contributed by atoms with van der Waals surface area (Å²) in [5.41, 5.74) is 2.30. The molecule has 0 aliphatic carbocycles. The van der Waals surface area contributed by atoms with E-state index in [1.54, 1.807) is 17.6 Å². The average Bonchev–Trinajstić information content (AvgIpc) is 3.43. The van der Waals surface area contributed by atoms with Gasteiger partial charge in [-0.2, -0.15) is 0 Å². The largest absolute Gasteiger partial charge is 0.486 e. The van der Waals surface area contributed by atoms with Crippen LogP contribution in [0.4, 0.5) is 5.00 Å². The molecule has 0 saturated carbocycles. The number of allylic oxidation sites excluding steroid dienone is 1. The number of thiophene rings is 1. The third-order valence-corrected chi connectivity index (χ3v) is 8.13. The number of amides is 1. The number of rotatable bonds is 11. The molecule has 0 radical (unpaired) electrons. The van der Waals surface area contributed by atoms with Crippen LogP contribution in [-0.4, -0.2) is 52.6 Å². The predicted octanol–water partition coefficient (Wildman–Crippen LogP) is 4.99. The standard InChI is InChI=1S/C25H27ClN4O6S2/c1-7-8-30-17(11-36-16-9-13(2)20(26)14(3)10-16)28-29-25(30)37-12-18(31)27-22-19(23(32)34-5)15(4)21(38-22)24(33)35-6/h7,9-10H,1,8,11-12H2,2-6H3,(H,27,31). The molecule has 202 valence electrons. The molecule has 2 heterocycles. The molecule has 1 aromatic carbocycles. The number of aryl methyl sites for hydroxylation is 2. The van der Waals surface area contributed by atoms with Crippen molar-refractivity contribution in [3.63, 3.8) is 0 Å². The van der Waals surface area contributed by atoms with Crippen molar-refractivity contribution in [2.75, 3.05) is 25.3 Å². The first-order chi connectivity index (χ1) is 18.1. The number of halogens is 1. The molecule has 0 atom stereocenters. The molecule has 0 spiro atoms. The van der Waals surface area contributed by atoms with Crippen LogP contribution in [0.15, 0.2) is 29.9 Å². The van der Waals surface area contributed by atoms with Gasteiger partial charge in [0.15, 0.2) is 11.0 Å². The fraction of sp³-hybridized carbons (Fsp3) is 0.320. The lowest BCUT2D eigenvalue weighted by Gasteiger charge is -2.11. The lowest BCUT2D eigenvalue weighted by Crippen LogP contribution is -2.16. The lowest BCUT2D eigenvalue weighted by atomic mass is 10.1. The highest BCUT2D eigenvalue weighted by molar-refractivity contribution is 7.99. The van der Waals surface area contributed by atoms with E-state index >= 15 is 0 Å². The van der Waals surface area contributed by atoms with Gasteiger partial charge in [0, 0.05) is 11.6 Å². The number of anilines is 1. The van der Waals surface area contributed by atoms with Crippen molar-refractivity contribution >= 4 is 57.5 Å². The first kappa shape index (κ1) is 29.2. The Morgan fingerprint density at radius 2 is 1.79 bits per heavy atom. The maximum atomic E-state index is 12.8. The molecule has 1 amide bonds. The van der Waals surface area contributed by atoms with Crippen molar-refractivity contribution in [1.82, 2.24) is 14.8 Å². The lowest BCUT2D eigenvalue weighted by molar-refractivity contribution is -0.113. The number of hydrogen-bond donors (Lipinski definition) is 1. The van der Waals surface area contributed by atoms with Gasteiger partial charge in [-0.3, -0.25) is 9.36 Å². The van der Waals surface area contributed by atoms with E-state index in [1.165, 1.54) is 14.2 Å². The Kier molecular flexibility index (Phi) is 9.95. The summed E-state index contributed by atoms with van der Waals surface area (Å²) in [5.74, 6) is -0.498. The molecule has 0 unspecified atom stereocenters. The van der Waals surface area contributed by atoms with Crippen LogP contribution in [0.5, 0.6) is 5.75 Å². The highest BCUT2D eigenvalue weighted by atomic mass is 35.5. The van der Waals surface area contributed by atoms with Gasteiger partial charge in [-0.15, -0.1) is 28.1 Å². The first-order valence-corrected chi connectivity index (χ1v) is 13.4. The number of carbonyl (C=O) groups is 3. The number of carbonyl (C=O) groups excluding carboxylic acids is 3. The Labute approximate surface area is 233 Å². The summed E-state index contributed by atoms with van der Waals surface area (Å²) >= 11 is 8.34. The number of nitrogens with one attached hydrogen (secondary N) is 1. The number of hydrogen-bond acceptors (Lipinski definition) is 10. The molecular formula is C25H27ClN4O6S2. The zero-order valence-corrected chi connectivity index (χ0v) is 23.9. The van der Waals surface area contributed by atoms with Gasteiger partial charge in [0.25, 0.3) is 0 Å². The Morgan fingerprint density at radius 1 is 1.13 bits per heavy atom. The van der Waals surface area contributed by atoms with E-state index in [0.29, 0.717) is 33.9 Å². The van der Waals surface area contributed by atoms with E-state index in [4.69, 9.17) is 25.8 Å². The Hall–Kier alpha value is -3.35. The maximum Gasteiger partial charge on any atom is 0.348 e. The SMILES string of the molecule is C=CCn1c(COc2cc(C)c(Cl)c(C)c2)nnc1SCC(=O)Nc1sc(C(=O)OC)c(C)c1C(=O)OC. The zero-order valence-electron chi connectivity index (χ0n) is 21.5. The van der Waals surface area contributed by atoms with Crippen molar-refractivity contribution in [2.24, 2.45) is 0 Å². The van der Waals surface area contributed by atoms with Crippen LogP contribution in [0.2, 0.25) is 5.02 Å². The maximum absolute atomic E-state index is 12.8. The Balaban J connectivity index is 1.72. The van der Waals surface area contributed by atoms with E-state index < -0.39 is 17.8 Å². The first-order valence-electron chi connectivity index (χ1n) is 11.3. The van der Waals surface area contributed by atoms with Crippen LogP contribution in [0.1, 0.15) is 42.5 Å². The van der Waals surface area contributed by atoms with Crippen molar-refractivity contribution in [3.8, 4) is 5.75 Å². The van der Waals surface area contributed by atoms with Crippen LogP contribution in [-0.2, 0) is 27.4 Å². The number of aromatic nitrogens is 3. The van der Waals surface area contributed by atoms with Crippen LogP contribution in [0.3, 0.4) is 0 Å². The molecule has 0 fully saturated rings. The van der Waals surface area contributed by atoms with Gasteiger partial charge in [-0.05, 0) is 49.6 Å². The van der Waals surface area contributed by atoms with Crippen LogP contribution in [0, 0.1) is 20.8 Å². The molecule has 1 N–H and O–H groups in total. The second-order valence-corrected chi connectivity index (χ2v) is 10.4.